The fourth-order valence-electron chi connectivity index (χ4n) is 7.34. The standard InChI is InChI=1S/C32H50O9/c1-4-16-38-32-20-31(21-32,15-7-5-9-22(2)25(33)13-11-23-10-6-8-17-36-23)41-30-27(40-32)19-37-26-14-12-24(39-29(26)30)18-28(34)35-3/h4,23-27,29-30,33H,1-2,5-21H2,3H3/t23-,24+,25+,26-,27?,29-,30+,31?,32?/m1/s1. The van der Waals surface area contributed by atoms with Crippen molar-refractivity contribution in [3.63, 3.8) is 0 Å². The number of aliphatic hydroxyl groups is 1. The Labute approximate surface area is 244 Å². The minimum Gasteiger partial charge on any atom is -0.469 e. The van der Waals surface area contributed by atoms with Crippen LogP contribution >= 0.6 is 0 Å². The van der Waals surface area contributed by atoms with E-state index in [0.717, 1.165) is 70.0 Å². The van der Waals surface area contributed by atoms with Gasteiger partial charge >= 0.3 is 5.97 Å². The summed E-state index contributed by atoms with van der Waals surface area (Å²) in [4.78, 5) is 11.9. The van der Waals surface area contributed by atoms with Crippen molar-refractivity contribution in [3.05, 3.63) is 24.8 Å². The summed E-state index contributed by atoms with van der Waals surface area (Å²) in [5.74, 6) is -0.991. The Balaban J connectivity index is 1.16. The highest BCUT2D eigenvalue weighted by molar-refractivity contribution is 5.69. The average Bonchev–Trinajstić information content (AvgIpc) is 3.20. The van der Waals surface area contributed by atoms with E-state index in [0.29, 0.717) is 32.5 Å². The monoisotopic (exact) mass is 578 g/mol. The Hall–Kier alpha value is -1.33. The third-order valence-electron chi connectivity index (χ3n) is 9.56. The smallest absolute Gasteiger partial charge is 0.308 e. The molecule has 0 aromatic carbocycles. The van der Waals surface area contributed by atoms with Gasteiger partial charge in [0.25, 0.3) is 0 Å². The van der Waals surface area contributed by atoms with Crippen LogP contribution in [-0.2, 0) is 38.0 Å². The van der Waals surface area contributed by atoms with Gasteiger partial charge in [0.15, 0.2) is 5.79 Å². The van der Waals surface area contributed by atoms with Crippen LogP contribution in [0.15, 0.2) is 24.8 Å². The summed E-state index contributed by atoms with van der Waals surface area (Å²) in [5, 5.41) is 10.7. The van der Waals surface area contributed by atoms with Crippen LogP contribution in [0, 0.1) is 0 Å². The molecule has 6 aliphatic rings. The van der Waals surface area contributed by atoms with E-state index in [1.165, 1.54) is 13.5 Å². The van der Waals surface area contributed by atoms with Crippen molar-refractivity contribution in [3.8, 4) is 0 Å². The zero-order valence-electron chi connectivity index (χ0n) is 24.8. The molecule has 1 unspecified atom stereocenters. The number of hydrogen-bond acceptors (Lipinski definition) is 9. The van der Waals surface area contributed by atoms with E-state index < -0.39 is 11.9 Å². The second kappa shape index (κ2) is 14.0. The van der Waals surface area contributed by atoms with Gasteiger partial charge in [-0.15, -0.1) is 6.58 Å². The third kappa shape index (κ3) is 7.61. The van der Waals surface area contributed by atoms with Gasteiger partial charge in [0.1, 0.15) is 18.3 Å². The number of esters is 1. The van der Waals surface area contributed by atoms with Crippen LogP contribution in [0.5, 0.6) is 0 Å². The lowest BCUT2D eigenvalue weighted by Gasteiger charge is -2.52. The summed E-state index contributed by atoms with van der Waals surface area (Å²) in [6.07, 6.45) is 12.0. The molecule has 0 spiro atoms. The van der Waals surface area contributed by atoms with Crippen LogP contribution in [0.25, 0.3) is 0 Å². The van der Waals surface area contributed by atoms with E-state index in [4.69, 9.17) is 33.2 Å². The molecule has 9 nitrogen and oxygen atoms in total. The van der Waals surface area contributed by atoms with Gasteiger partial charge in [-0.25, -0.2) is 0 Å². The second-order valence-electron chi connectivity index (χ2n) is 12.7. The van der Waals surface area contributed by atoms with Crippen LogP contribution in [0.2, 0.25) is 0 Å². The zero-order valence-corrected chi connectivity index (χ0v) is 24.8. The Bertz CT molecular complexity index is 894. The van der Waals surface area contributed by atoms with Crippen LogP contribution < -0.4 is 0 Å². The van der Waals surface area contributed by atoms with Gasteiger partial charge in [-0.1, -0.05) is 19.1 Å². The Kier molecular flexibility index (Phi) is 10.6. The number of fused-ring (bicyclic) bond motifs is 1. The van der Waals surface area contributed by atoms with Crippen LogP contribution in [0.1, 0.15) is 89.9 Å². The molecule has 7 atom stereocenters. The number of aliphatic hydroxyl groups excluding tert-OH is 1. The van der Waals surface area contributed by atoms with Crippen molar-refractivity contribution in [2.24, 2.45) is 0 Å². The molecule has 5 saturated heterocycles. The topological polar surface area (TPSA) is 102 Å². The lowest BCUT2D eigenvalue weighted by atomic mass is 9.71. The molecule has 41 heavy (non-hydrogen) atoms. The Morgan fingerprint density at radius 2 is 1.93 bits per heavy atom. The number of rotatable bonds is 14. The van der Waals surface area contributed by atoms with Gasteiger partial charge in [0.05, 0.1) is 56.8 Å². The van der Waals surface area contributed by atoms with Crippen molar-refractivity contribution in [2.75, 3.05) is 26.9 Å². The largest absolute Gasteiger partial charge is 0.469 e. The van der Waals surface area contributed by atoms with Gasteiger partial charge in [-0.3, -0.25) is 4.79 Å². The van der Waals surface area contributed by atoms with Crippen molar-refractivity contribution < 1.29 is 43.1 Å². The molecule has 6 rings (SSSR count). The second-order valence-corrected chi connectivity index (χ2v) is 12.7. The molecule has 9 heteroatoms. The van der Waals surface area contributed by atoms with Gasteiger partial charge in [0, 0.05) is 19.4 Å². The highest BCUT2D eigenvalue weighted by atomic mass is 16.7. The summed E-state index contributed by atoms with van der Waals surface area (Å²) in [5.41, 5.74) is 0.527. The Morgan fingerprint density at radius 1 is 1.07 bits per heavy atom. The number of carbonyl (C=O) groups is 1. The van der Waals surface area contributed by atoms with Gasteiger partial charge in [0.2, 0.25) is 0 Å². The number of carbonyl (C=O) groups excluding carboxylic acids is 1. The van der Waals surface area contributed by atoms with Gasteiger partial charge < -0.3 is 38.3 Å². The summed E-state index contributed by atoms with van der Waals surface area (Å²) < 4.78 is 43.0. The highest BCUT2D eigenvalue weighted by Gasteiger charge is 2.65. The summed E-state index contributed by atoms with van der Waals surface area (Å²) >= 11 is 0. The first kappa shape index (κ1) is 31.1. The summed E-state index contributed by atoms with van der Waals surface area (Å²) in [6.45, 7) is 9.67. The molecule has 0 aromatic heterocycles. The first-order valence-corrected chi connectivity index (χ1v) is 15.8. The first-order valence-electron chi connectivity index (χ1n) is 15.8. The molecule has 1 aliphatic carbocycles. The fraction of sp³-hybridized carbons (Fsp3) is 0.844. The molecule has 0 aromatic rings. The first-order chi connectivity index (χ1) is 19.8. The maximum absolute atomic E-state index is 11.9. The van der Waals surface area contributed by atoms with E-state index in [1.807, 2.05) is 0 Å². The molecule has 0 amide bonds. The number of hydrogen-bond donors (Lipinski definition) is 1. The predicted molar refractivity (Wildman–Crippen MR) is 151 cm³/mol. The average molecular weight is 579 g/mol. The van der Waals surface area contributed by atoms with Crippen LogP contribution in [0.4, 0.5) is 0 Å². The van der Waals surface area contributed by atoms with Crippen LogP contribution in [-0.4, -0.2) is 92.1 Å². The van der Waals surface area contributed by atoms with E-state index in [9.17, 15) is 9.90 Å². The van der Waals surface area contributed by atoms with Crippen molar-refractivity contribution in [2.45, 2.75) is 144 Å². The number of unbranched alkanes of at least 4 members (excludes halogenated alkanes) is 1. The quantitative estimate of drug-likeness (QED) is 0.181. The van der Waals surface area contributed by atoms with E-state index >= 15 is 0 Å². The molecule has 1 N–H and O–H groups in total. The molecule has 232 valence electrons. The maximum Gasteiger partial charge on any atom is 0.308 e. The molecule has 2 bridgehead atoms. The van der Waals surface area contributed by atoms with E-state index in [-0.39, 0.29) is 54.6 Å². The molecule has 5 heterocycles. The highest BCUT2D eigenvalue weighted by Crippen LogP contribution is 2.55. The minimum absolute atomic E-state index is 0.0880. The maximum atomic E-state index is 11.9. The number of ether oxygens (including phenoxy) is 7. The van der Waals surface area contributed by atoms with Crippen molar-refractivity contribution in [1.82, 2.24) is 0 Å². The lowest BCUT2D eigenvalue weighted by Crippen LogP contribution is -2.60. The minimum atomic E-state index is -0.717. The summed E-state index contributed by atoms with van der Waals surface area (Å²) in [6, 6.07) is 0. The van der Waals surface area contributed by atoms with Crippen LogP contribution in [0.3, 0.4) is 0 Å². The predicted octanol–water partition coefficient (Wildman–Crippen LogP) is 4.54. The van der Waals surface area contributed by atoms with Crippen molar-refractivity contribution >= 4 is 5.97 Å². The Morgan fingerprint density at radius 3 is 2.68 bits per heavy atom. The fourth-order valence-corrected chi connectivity index (χ4v) is 7.34. The normalized spacial score (nSPS) is 38.9. The van der Waals surface area contributed by atoms with Gasteiger partial charge in [-0.05, 0) is 69.8 Å². The van der Waals surface area contributed by atoms with Gasteiger partial charge in [-0.2, -0.15) is 0 Å². The molecule has 6 fully saturated rings. The third-order valence-corrected chi connectivity index (χ3v) is 9.56. The molecular formula is C32H50O9. The van der Waals surface area contributed by atoms with E-state index in [2.05, 4.69) is 13.2 Å². The number of methoxy groups -OCH3 is 1. The van der Waals surface area contributed by atoms with Crippen molar-refractivity contribution in [1.29, 1.82) is 0 Å². The molecular weight excluding hydrogens is 528 g/mol. The zero-order chi connectivity index (χ0) is 28.9. The summed E-state index contributed by atoms with van der Waals surface area (Å²) in [7, 11) is 1.40. The molecule has 0 radical (unpaired) electrons. The van der Waals surface area contributed by atoms with E-state index in [1.54, 1.807) is 6.08 Å². The molecule has 5 aliphatic heterocycles. The SMILES string of the molecule is C=CCOC12CC(CCCCC(=C)[C@@H](O)CC[C@H]3CCCCO3)(C1)O[C@H]1C(CO[C@@H]3CC[C@@H](CC(=O)OC)O[C@H]31)O2. The molecule has 1 saturated carbocycles. The lowest BCUT2D eigenvalue weighted by molar-refractivity contribution is -0.321.